The summed E-state index contributed by atoms with van der Waals surface area (Å²) in [6.45, 7) is 0. The zero-order valence-corrected chi connectivity index (χ0v) is 19.1. The molecule has 2 aliphatic rings. The molecule has 0 aliphatic heterocycles. The second-order valence-electron chi connectivity index (χ2n) is 8.34. The lowest BCUT2D eigenvalue weighted by atomic mass is 9.73. The van der Waals surface area contributed by atoms with E-state index in [1.54, 1.807) is 12.2 Å². The SMILES string of the molecule is N=C1C=CC(Oc2ccc(C(c3ccc(OC4=CCC(=N)C=C4)cc3)(C(F)(F)F)C(F)(F)F)cc2)=CC1. The number of halogens is 6. The van der Waals surface area contributed by atoms with E-state index in [0.29, 0.717) is 35.8 Å². The van der Waals surface area contributed by atoms with Gasteiger partial charge in [0.15, 0.2) is 0 Å². The fraction of sp³-hybridized carbons (Fsp3) is 0.185. The minimum atomic E-state index is -5.72. The lowest BCUT2D eigenvalue weighted by Crippen LogP contribution is -2.54. The molecule has 10 heteroatoms. The molecule has 0 heterocycles. The first kappa shape index (κ1) is 26.0. The van der Waals surface area contributed by atoms with Gasteiger partial charge < -0.3 is 20.3 Å². The third-order valence-corrected chi connectivity index (χ3v) is 5.84. The van der Waals surface area contributed by atoms with Crippen molar-refractivity contribution in [3.05, 3.63) is 108 Å². The Kier molecular flexibility index (Phi) is 6.86. The summed E-state index contributed by atoms with van der Waals surface area (Å²) in [7, 11) is 0. The molecule has 2 aromatic carbocycles. The monoisotopic (exact) mass is 518 g/mol. The first-order valence-electron chi connectivity index (χ1n) is 11.0. The predicted molar refractivity (Wildman–Crippen MR) is 126 cm³/mol. The van der Waals surface area contributed by atoms with Crippen LogP contribution in [0.3, 0.4) is 0 Å². The Balaban J connectivity index is 1.69. The molecule has 0 atom stereocenters. The molecule has 2 N–H and O–H groups in total. The molecule has 0 bridgehead atoms. The Morgan fingerprint density at radius 2 is 0.892 bits per heavy atom. The van der Waals surface area contributed by atoms with Gasteiger partial charge in [0.1, 0.15) is 23.0 Å². The molecule has 0 radical (unpaired) electrons. The van der Waals surface area contributed by atoms with E-state index in [0.717, 1.165) is 48.5 Å². The molecule has 4 rings (SSSR count). The molecule has 0 saturated heterocycles. The van der Waals surface area contributed by atoms with Gasteiger partial charge in [0.05, 0.1) is 0 Å². The third-order valence-electron chi connectivity index (χ3n) is 5.84. The van der Waals surface area contributed by atoms with E-state index < -0.39 is 28.9 Å². The van der Waals surface area contributed by atoms with Crippen molar-refractivity contribution in [2.24, 2.45) is 0 Å². The van der Waals surface area contributed by atoms with Crippen LogP contribution < -0.4 is 9.47 Å². The minimum absolute atomic E-state index is 0.0528. The van der Waals surface area contributed by atoms with Crippen molar-refractivity contribution in [2.75, 3.05) is 0 Å². The summed E-state index contributed by atoms with van der Waals surface area (Å²) in [5.74, 6) is 0.767. The van der Waals surface area contributed by atoms with Crippen LogP contribution in [0.25, 0.3) is 0 Å². The van der Waals surface area contributed by atoms with Gasteiger partial charge in [-0.1, -0.05) is 24.3 Å². The number of alkyl halides is 6. The molecular weight excluding hydrogens is 498 g/mol. The number of hydrogen-bond acceptors (Lipinski definition) is 4. The van der Waals surface area contributed by atoms with Crippen LogP contribution in [-0.2, 0) is 5.41 Å². The normalized spacial score (nSPS) is 16.4. The van der Waals surface area contributed by atoms with Gasteiger partial charge in [0.25, 0.3) is 0 Å². The molecule has 37 heavy (non-hydrogen) atoms. The zero-order chi connectivity index (χ0) is 26.8. The summed E-state index contributed by atoms with van der Waals surface area (Å²) in [6, 6.07) is 7.20. The molecule has 0 spiro atoms. The molecular formula is C27H20F6N2O2. The summed E-state index contributed by atoms with van der Waals surface area (Å²) in [5, 5.41) is 15.0. The Morgan fingerprint density at radius 3 is 1.16 bits per heavy atom. The van der Waals surface area contributed by atoms with Crippen LogP contribution in [0.5, 0.6) is 11.5 Å². The molecule has 2 aromatic rings. The highest BCUT2D eigenvalue weighted by molar-refractivity contribution is 5.95. The highest BCUT2D eigenvalue weighted by Crippen LogP contribution is 2.56. The van der Waals surface area contributed by atoms with Crippen LogP contribution in [0.4, 0.5) is 26.3 Å². The van der Waals surface area contributed by atoms with E-state index in [1.807, 2.05) is 0 Å². The first-order valence-corrected chi connectivity index (χ1v) is 11.0. The van der Waals surface area contributed by atoms with Gasteiger partial charge in [-0.2, -0.15) is 26.3 Å². The van der Waals surface area contributed by atoms with E-state index in [-0.39, 0.29) is 11.5 Å². The number of rotatable bonds is 6. The van der Waals surface area contributed by atoms with Crippen LogP contribution >= 0.6 is 0 Å². The van der Waals surface area contributed by atoms with Crippen LogP contribution in [0.15, 0.2) is 96.5 Å². The molecule has 0 aromatic heterocycles. The first-order chi connectivity index (χ1) is 17.4. The van der Waals surface area contributed by atoms with Crippen molar-refractivity contribution in [1.29, 1.82) is 10.8 Å². The van der Waals surface area contributed by atoms with Crippen molar-refractivity contribution >= 4 is 11.4 Å². The van der Waals surface area contributed by atoms with Gasteiger partial charge in [-0.25, -0.2) is 0 Å². The average molecular weight is 518 g/mol. The van der Waals surface area contributed by atoms with Crippen LogP contribution in [0, 0.1) is 10.8 Å². The lowest BCUT2D eigenvalue weighted by Gasteiger charge is -2.38. The average Bonchev–Trinajstić information content (AvgIpc) is 2.83. The highest BCUT2D eigenvalue weighted by Gasteiger charge is 2.72. The van der Waals surface area contributed by atoms with Crippen molar-refractivity contribution in [3.63, 3.8) is 0 Å². The molecule has 0 fully saturated rings. The smallest absolute Gasteiger partial charge is 0.411 e. The van der Waals surface area contributed by atoms with Gasteiger partial charge in [0, 0.05) is 24.3 Å². The van der Waals surface area contributed by atoms with Crippen LogP contribution in [-0.4, -0.2) is 23.8 Å². The molecule has 192 valence electrons. The summed E-state index contributed by atoms with van der Waals surface area (Å²) in [4.78, 5) is 0. The Bertz CT molecular complexity index is 1210. The standard InChI is InChI=1S/C27H20F6N2O2/c28-26(29,30)25(27(31,32)33,17-1-9-21(10-2-17)36-23-13-5-19(34)6-14-23)18-3-11-22(12-4-18)37-24-15-7-20(35)8-16-24/h1-5,7,9-16,34-35H,6,8H2. The predicted octanol–water partition coefficient (Wildman–Crippen LogP) is 7.58. The molecule has 0 saturated carbocycles. The van der Waals surface area contributed by atoms with Crippen LogP contribution in [0.2, 0.25) is 0 Å². The number of allylic oxidation sites excluding steroid dienone is 6. The Hall–Kier alpha value is -4.08. The summed E-state index contributed by atoms with van der Waals surface area (Å²) in [6.07, 6.45) is -1.73. The van der Waals surface area contributed by atoms with Gasteiger partial charge in [0.2, 0.25) is 5.41 Å². The summed E-state index contributed by atoms with van der Waals surface area (Å²) in [5.41, 5.74) is -5.65. The Morgan fingerprint density at radius 1 is 0.541 bits per heavy atom. The van der Waals surface area contributed by atoms with E-state index in [4.69, 9.17) is 20.3 Å². The number of nitrogens with one attached hydrogen (secondary N) is 2. The number of ether oxygens (including phenoxy) is 2. The van der Waals surface area contributed by atoms with E-state index in [9.17, 15) is 26.3 Å². The topological polar surface area (TPSA) is 66.2 Å². The minimum Gasteiger partial charge on any atom is -0.458 e. The maximum atomic E-state index is 14.4. The van der Waals surface area contributed by atoms with Crippen molar-refractivity contribution in [2.45, 2.75) is 30.6 Å². The molecule has 2 aliphatic carbocycles. The van der Waals surface area contributed by atoms with Crippen molar-refractivity contribution in [3.8, 4) is 11.5 Å². The van der Waals surface area contributed by atoms with Crippen molar-refractivity contribution in [1.82, 2.24) is 0 Å². The third kappa shape index (κ3) is 5.23. The fourth-order valence-electron chi connectivity index (χ4n) is 4.01. The zero-order valence-electron chi connectivity index (χ0n) is 19.1. The van der Waals surface area contributed by atoms with Crippen LogP contribution in [0.1, 0.15) is 24.0 Å². The van der Waals surface area contributed by atoms with Gasteiger partial charge >= 0.3 is 12.4 Å². The fourth-order valence-corrected chi connectivity index (χ4v) is 4.01. The molecule has 0 amide bonds. The van der Waals surface area contributed by atoms with E-state index in [1.165, 1.54) is 24.3 Å². The van der Waals surface area contributed by atoms with Gasteiger partial charge in [-0.3, -0.25) is 0 Å². The summed E-state index contributed by atoms with van der Waals surface area (Å²) >= 11 is 0. The van der Waals surface area contributed by atoms with E-state index in [2.05, 4.69) is 0 Å². The second kappa shape index (κ2) is 9.76. The quantitative estimate of drug-likeness (QED) is 0.387. The second-order valence-corrected chi connectivity index (χ2v) is 8.34. The molecule has 4 nitrogen and oxygen atoms in total. The number of benzene rings is 2. The summed E-state index contributed by atoms with van der Waals surface area (Å²) < 4.78 is 97.5. The maximum Gasteiger partial charge on any atom is 0.411 e. The lowest BCUT2D eigenvalue weighted by molar-refractivity contribution is -0.288. The van der Waals surface area contributed by atoms with Gasteiger partial charge in [-0.05, 0) is 71.8 Å². The largest absolute Gasteiger partial charge is 0.458 e. The number of hydrogen-bond donors (Lipinski definition) is 2. The van der Waals surface area contributed by atoms with E-state index >= 15 is 0 Å². The van der Waals surface area contributed by atoms with Crippen molar-refractivity contribution < 1.29 is 35.8 Å². The highest BCUT2D eigenvalue weighted by atomic mass is 19.4. The Labute approximate surface area is 208 Å². The maximum absolute atomic E-state index is 14.4. The van der Waals surface area contributed by atoms with Gasteiger partial charge in [-0.15, -0.1) is 0 Å². The molecule has 0 unspecified atom stereocenters.